The number of aromatic amines is 1. The summed E-state index contributed by atoms with van der Waals surface area (Å²) in [6.45, 7) is 3.39. The Kier molecular flexibility index (Phi) is 2.03. The second-order valence-corrected chi connectivity index (χ2v) is 4.20. The van der Waals surface area contributed by atoms with Gasteiger partial charge in [0.2, 0.25) is 0 Å². The molecule has 0 atom stereocenters. The summed E-state index contributed by atoms with van der Waals surface area (Å²) in [5.74, 6) is -0.825. The molecule has 3 nitrogen and oxygen atoms in total. The van der Waals surface area contributed by atoms with Crippen molar-refractivity contribution in [2.75, 3.05) is 0 Å². The number of hydrogen-bond donors (Lipinski definition) is 2. The van der Waals surface area contributed by atoms with Crippen LogP contribution < -0.4 is 0 Å². The summed E-state index contributed by atoms with van der Waals surface area (Å²) in [4.78, 5) is 14.2. The molecule has 3 heteroatoms. The van der Waals surface area contributed by atoms with E-state index in [9.17, 15) is 4.79 Å². The summed E-state index contributed by atoms with van der Waals surface area (Å²) in [5, 5.41) is 10.1. The van der Waals surface area contributed by atoms with Gasteiger partial charge in [0.1, 0.15) is 5.41 Å². The molecule has 0 bridgehead atoms. The van der Waals surface area contributed by atoms with Crippen LogP contribution in [0.4, 0.5) is 0 Å². The number of aliphatic carboxylic acids is 1. The predicted molar refractivity (Wildman–Crippen MR) is 59.0 cm³/mol. The fourth-order valence-electron chi connectivity index (χ4n) is 1.53. The van der Waals surface area contributed by atoms with E-state index in [-0.39, 0.29) is 0 Å². The number of benzene rings is 1. The first kappa shape index (κ1) is 9.77. The number of carbonyl (C=O) groups is 1. The minimum Gasteiger partial charge on any atom is -0.481 e. The first-order valence-corrected chi connectivity index (χ1v) is 4.83. The van der Waals surface area contributed by atoms with E-state index in [1.54, 1.807) is 13.8 Å². The maximum Gasteiger partial charge on any atom is 0.315 e. The monoisotopic (exact) mass is 203 g/mol. The molecule has 1 heterocycles. The molecule has 1 aromatic carbocycles. The van der Waals surface area contributed by atoms with Gasteiger partial charge in [-0.2, -0.15) is 0 Å². The molecule has 78 valence electrons. The van der Waals surface area contributed by atoms with Crippen LogP contribution in [0.3, 0.4) is 0 Å². The molecule has 0 radical (unpaired) electrons. The van der Waals surface area contributed by atoms with Gasteiger partial charge in [-0.1, -0.05) is 18.2 Å². The highest BCUT2D eigenvalue weighted by Gasteiger charge is 2.30. The Hall–Kier alpha value is -1.77. The molecule has 2 aromatic rings. The molecule has 2 N–H and O–H groups in total. The average Bonchev–Trinajstić information content (AvgIpc) is 2.61. The van der Waals surface area contributed by atoms with E-state index in [4.69, 9.17) is 5.11 Å². The molecular formula is C12H13NO2. The zero-order valence-corrected chi connectivity index (χ0v) is 8.74. The van der Waals surface area contributed by atoms with Gasteiger partial charge in [0.05, 0.1) is 0 Å². The van der Waals surface area contributed by atoms with Crippen LogP contribution >= 0.6 is 0 Å². The molecular weight excluding hydrogens is 190 g/mol. The van der Waals surface area contributed by atoms with Crippen LogP contribution in [0.5, 0.6) is 0 Å². The summed E-state index contributed by atoms with van der Waals surface area (Å²) in [7, 11) is 0. The second-order valence-electron chi connectivity index (χ2n) is 4.20. The SMILES string of the molecule is CC(C)(C(=O)O)c1cc2ccccc2[nH]1. The molecule has 1 aromatic heterocycles. The Labute approximate surface area is 87.7 Å². The van der Waals surface area contributed by atoms with E-state index in [0.717, 1.165) is 16.6 Å². The van der Waals surface area contributed by atoms with Crippen molar-refractivity contribution in [2.24, 2.45) is 0 Å². The summed E-state index contributed by atoms with van der Waals surface area (Å²) >= 11 is 0. The summed E-state index contributed by atoms with van der Waals surface area (Å²) in [5.41, 5.74) is 0.831. The Balaban J connectivity index is 2.58. The van der Waals surface area contributed by atoms with E-state index in [0.29, 0.717) is 0 Å². The first-order valence-electron chi connectivity index (χ1n) is 4.83. The Morgan fingerprint density at radius 2 is 2.00 bits per heavy atom. The number of hydrogen-bond acceptors (Lipinski definition) is 1. The lowest BCUT2D eigenvalue weighted by Gasteiger charge is -2.16. The van der Waals surface area contributed by atoms with Crippen molar-refractivity contribution >= 4 is 16.9 Å². The molecule has 0 saturated heterocycles. The maximum atomic E-state index is 11.1. The van der Waals surface area contributed by atoms with Gasteiger partial charge in [-0.15, -0.1) is 0 Å². The van der Waals surface area contributed by atoms with Crippen LogP contribution in [0.2, 0.25) is 0 Å². The Bertz CT molecular complexity index is 478. The fraction of sp³-hybridized carbons (Fsp3) is 0.250. The van der Waals surface area contributed by atoms with E-state index in [1.807, 2.05) is 30.3 Å². The predicted octanol–water partition coefficient (Wildman–Crippen LogP) is 2.53. The van der Waals surface area contributed by atoms with Crippen LogP contribution in [0, 0.1) is 0 Å². The summed E-state index contributed by atoms with van der Waals surface area (Å²) in [6, 6.07) is 9.66. The van der Waals surface area contributed by atoms with Gasteiger partial charge in [-0.3, -0.25) is 4.79 Å². The van der Waals surface area contributed by atoms with Crippen molar-refractivity contribution in [1.29, 1.82) is 0 Å². The smallest absolute Gasteiger partial charge is 0.315 e. The third-order valence-corrected chi connectivity index (χ3v) is 2.74. The minimum absolute atomic E-state index is 0.733. The number of aromatic nitrogens is 1. The number of rotatable bonds is 2. The summed E-state index contributed by atoms with van der Waals surface area (Å²) < 4.78 is 0. The quantitative estimate of drug-likeness (QED) is 0.788. The summed E-state index contributed by atoms with van der Waals surface area (Å²) in [6.07, 6.45) is 0. The lowest BCUT2D eigenvalue weighted by molar-refractivity contribution is -0.142. The maximum absolute atomic E-state index is 11.1. The average molecular weight is 203 g/mol. The second kappa shape index (κ2) is 3.12. The Morgan fingerprint density at radius 1 is 1.33 bits per heavy atom. The largest absolute Gasteiger partial charge is 0.481 e. The first-order chi connectivity index (χ1) is 7.01. The van der Waals surface area contributed by atoms with E-state index < -0.39 is 11.4 Å². The lowest BCUT2D eigenvalue weighted by atomic mass is 9.90. The number of carboxylic acids is 1. The molecule has 0 saturated carbocycles. The van der Waals surface area contributed by atoms with Crippen LogP contribution in [0.15, 0.2) is 30.3 Å². The minimum atomic E-state index is -0.876. The fourth-order valence-corrected chi connectivity index (χ4v) is 1.53. The standard InChI is InChI=1S/C12H13NO2/c1-12(2,11(14)15)10-7-8-5-3-4-6-9(8)13-10/h3-7,13H,1-2H3,(H,14,15). The Morgan fingerprint density at radius 3 is 2.60 bits per heavy atom. The highest BCUT2D eigenvalue weighted by atomic mass is 16.4. The number of para-hydroxylation sites is 1. The number of carboxylic acid groups (broad SMARTS) is 1. The molecule has 0 fully saturated rings. The topological polar surface area (TPSA) is 53.1 Å². The number of fused-ring (bicyclic) bond motifs is 1. The molecule has 0 aliphatic heterocycles. The van der Waals surface area contributed by atoms with E-state index >= 15 is 0 Å². The highest BCUT2D eigenvalue weighted by Crippen LogP contribution is 2.26. The molecule has 0 amide bonds. The van der Waals surface area contributed by atoms with Crippen LogP contribution in [0.1, 0.15) is 19.5 Å². The van der Waals surface area contributed by atoms with Crippen molar-refractivity contribution in [3.63, 3.8) is 0 Å². The van der Waals surface area contributed by atoms with Crippen LogP contribution in [0.25, 0.3) is 10.9 Å². The lowest BCUT2D eigenvalue weighted by Crippen LogP contribution is -2.28. The van der Waals surface area contributed by atoms with Gasteiger partial charge in [0, 0.05) is 11.2 Å². The van der Waals surface area contributed by atoms with E-state index in [1.165, 1.54) is 0 Å². The molecule has 0 spiro atoms. The number of nitrogens with one attached hydrogen (secondary N) is 1. The van der Waals surface area contributed by atoms with Crippen molar-refractivity contribution in [1.82, 2.24) is 4.98 Å². The number of H-pyrrole nitrogens is 1. The van der Waals surface area contributed by atoms with Crippen molar-refractivity contribution < 1.29 is 9.90 Å². The third kappa shape index (κ3) is 1.50. The van der Waals surface area contributed by atoms with Crippen LogP contribution in [-0.4, -0.2) is 16.1 Å². The van der Waals surface area contributed by atoms with Crippen LogP contribution in [-0.2, 0) is 10.2 Å². The van der Waals surface area contributed by atoms with Gasteiger partial charge >= 0.3 is 5.97 Å². The molecule has 0 unspecified atom stereocenters. The van der Waals surface area contributed by atoms with Gasteiger partial charge in [-0.05, 0) is 31.4 Å². The van der Waals surface area contributed by atoms with Gasteiger partial charge in [0.25, 0.3) is 0 Å². The normalized spacial score (nSPS) is 11.9. The third-order valence-electron chi connectivity index (χ3n) is 2.74. The molecule has 0 aliphatic carbocycles. The van der Waals surface area contributed by atoms with Crippen molar-refractivity contribution in [2.45, 2.75) is 19.3 Å². The molecule has 0 aliphatic rings. The molecule has 15 heavy (non-hydrogen) atoms. The molecule has 2 rings (SSSR count). The van der Waals surface area contributed by atoms with Crippen molar-refractivity contribution in [3.05, 3.63) is 36.0 Å². The van der Waals surface area contributed by atoms with Gasteiger partial charge in [0.15, 0.2) is 0 Å². The zero-order chi connectivity index (χ0) is 11.1. The van der Waals surface area contributed by atoms with Crippen molar-refractivity contribution in [3.8, 4) is 0 Å². The van der Waals surface area contributed by atoms with Gasteiger partial charge in [-0.25, -0.2) is 0 Å². The zero-order valence-electron chi connectivity index (χ0n) is 8.74. The van der Waals surface area contributed by atoms with E-state index in [2.05, 4.69) is 4.98 Å². The highest BCUT2D eigenvalue weighted by molar-refractivity contribution is 5.85. The van der Waals surface area contributed by atoms with Gasteiger partial charge < -0.3 is 10.1 Å².